The molecular formula is C24H30Cl2N2O2S. The molecule has 1 atom stereocenters. The molecule has 0 fully saturated rings. The van der Waals surface area contributed by atoms with Crippen molar-refractivity contribution in [2.24, 2.45) is 0 Å². The summed E-state index contributed by atoms with van der Waals surface area (Å²) in [7, 11) is 0. The fraction of sp³-hybridized carbons (Fsp3) is 0.417. The summed E-state index contributed by atoms with van der Waals surface area (Å²) in [6, 6.07) is 12.9. The highest BCUT2D eigenvalue weighted by Crippen LogP contribution is 2.27. The van der Waals surface area contributed by atoms with Gasteiger partial charge < -0.3 is 10.2 Å². The summed E-state index contributed by atoms with van der Waals surface area (Å²) in [6.45, 7) is 7.94. The van der Waals surface area contributed by atoms with E-state index in [0.29, 0.717) is 22.0 Å². The van der Waals surface area contributed by atoms with Gasteiger partial charge in [-0.15, -0.1) is 11.8 Å². The Balaban J connectivity index is 2.19. The van der Waals surface area contributed by atoms with Crippen LogP contribution < -0.4 is 5.32 Å². The van der Waals surface area contributed by atoms with Crippen LogP contribution >= 0.6 is 35.0 Å². The largest absolute Gasteiger partial charge is 0.352 e. The molecule has 2 aromatic carbocycles. The number of benzene rings is 2. The number of carbonyl (C=O) groups is 2. The molecule has 31 heavy (non-hydrogen) atoms. The van der Waals surface area contributed by atoms with Crippen molar-refractivity contribution >= 4 is 46.8 Å². The average Bonchev–Trinajstić information content (AvgIpc) is 2.70. The number of thioether (sulfide) groups is 1. The van der Waals surface area contributed by atoms with Crippen LogP contribution in [0.1, 0.15) is 43.9 Å². The Kier molecular flexibility index (Phi) is 10.2. The van der Waals surface area contributed by atoms with Crippen LogP contribution in [0.4, 0.5) is 0 Å². The lowest BCUT2D eigenvalue weighted by Crippen LogP contribution is -2.51. The minimum absolute atomic E-state index is 0.0154. The summed E-state index contributed by atoms with van der Waals surface area (Å²) in [6.07, 6.45) is 0.495. The van der Waals surface area contributed by atoms with E-state index < -0.39 is 6.04 Å². The van der Waals surface area contributed by atoms with Crippen molar-refractivity contribution in [2.45, 2.75) is 58.5 Å². The lowest BCUT2D eigenvalue weighted by atomic mass is 10.1. The topological polar surface area (TPSA) is 49.4 Å². The average molecular weight is 481 g/mol. The van der Waals surface area contributed by atoms with Crippen LogP contribution in [-0.2, 0) is 21.9 Å². The third-order valence-electron chi connectivity index (χ3n) is 4.82. The number of carbonyl (C=O) groups excluding carboxylic acids is 2. The van der Waals surface area contributed by atoms with Gasteiger partial charge in [0.25, 0.3) is 0 Å². The normalized spacial score (nSPS) is 12.0. The summed E-state index contributed by atoms with van der Waals surface area (Å²) in [4.78, 5) is 27.7. The van der Waals surface area contributed by atoms with E-state index in [1.807, 2.05) is 27.7 Å². The lowest BCUT2D eigenvalue weighted by molar-refractivity contribution is -0.139. The van der Waals surface area contributed by atoms with E-state index >= 15 is 0 Å². The van der Waals surface area contributed by atoms with Gasteiger partial charge in [0.2, 0.25) is 11.8 Å². The molecule has 0 aromatic heterocycles. The second-order valence-electron chi connectivity index (χ2n) is 7.79. The predicted molar refractivity (Wildman–Crippen MR) is 132 cm³/mol. The quantitative estimate of drug-likeness (QED) is 0.462. The molecule has 1 N–H and O–H groups in total. The Labute approximate surface area is 199 Å². The van der Waals surface area contributed by atoms with E-state index in [2.05, 4.69) is 29.6 Å². The molecule has 0 radical (unpaired) electrons. The van der Waals surface area contributed by atoms with E-state index in [4.69, 9.17) is 23.2 Å². The minimum atomic E-state index is -0.595. The van der Waals surface area contributed by atoms with E-state index in [-0.39, 0.29) is 30.2 Å². The first-order valence-electron chi connectivity index (χ1n) is 10.4. The van der Waals surface area contributed by atoms with Gasteiger partial charge in [-0.05, 0) is 44.9 Å². The Morgan fingerprint density at radius 2 is 1.68 bits per heavy atom. The van der Waals surface area contributed by atoms with E-state index in [9.17, 15) is 9.59 Å². The Bertz CT molecular complexity index is 867. The van der Waals surface area contributed by atoms with Crippen molar-refractivity contribution in [2.75, 3.05) is 5.75 Å². The molecule has 4 nitrogen and oxygen atoms in total. The zero-order chi connectivity index (χ0) is 23.0. The maximum atomic E-state index is 13.2. The lowest BCUT2D eigenvalue weighted by Gasteiger charge is -2.31. The molecule has 7 heteroatoms. The molecular weight excluding hydrogens is 451 g/mol. The molecule has 0 aliphatic rings. The number of nitrogens with one attached hydrogen (secondary N) is 1. The second-order valence-corrected chi connectivity index (χ2v) is 9.59. The van der Waals surface area contributed by atoms with Crippen molar-refractivity contribution in [1.82, 2.24) is 10.2 Å². The molecule has 2 rings (SSSR count). The zero-order valence-corrected chi connectivity index (χ0v) is 20.8. The molecule has 0 heterocycles. The van der Waals surface area contributed by atoms with Crippen LogP contribution in [0.15, 0.2) is 42.5 Å². The SMILES string of the molecule is CC[C@H](C(=O)NC(C)C)N(Cc1c(Cl)cccc1Cl)C(=O)CSCc1ccc(C)cc1. The molecule has 2 amide bonds. The maximum absolute atomic E-state index is 13.2. The van der Waals surface area contributed by atoms with Crippen molar-refractivity contribution in [3.8, 4) is 0 Å². The third-order valence-corrected chi connectivity index (χ3v) is 6.52. The smallest absolute Gasteiger partial charge is 0.243 e. The molecule has 0 aliphatic heterocycles. The number of halogens is 2. The Morgan fingerprint density at radius 3 is 2.23 bits per heavy atom. The monoisotopic (exact) mass is 480 g/mol. The van der Waals surface area contributed by atoms with Crippen molar-refractivity contribution in [3.63, 3.8) is 0 Å². The fourth-order valence-electron chi connectivity index (χ4n) is 3.18. The van der Waals surface area contributed by atoms with Gasteiger partial charge in [0.05, 0.1) is 5.75 Å². The Morgan fingerprint density at radius 1 is 1.06 bits per heavy atom. The molecule has 168 valence electrons. The number of aryl methyl sites for hydroxylation is 1. The third kappa shape index (κ3) is 7.74. The molecule has 2 aromatic rings. The van der Waals surface area contributed by atoms with Gasteiger partial charge in [-0.3, -0.25) is 9.59 Å². The van der Waals surface area contributed by atoms with Crippen molar-refractivity contribution in [3.05, 3.63) is 69.2 Å². The molecule has 0 aliphatic carbocycles. The number of hydrogen-bond acceptors (Lipinski definition) is 3. The maximum Gasteiger partial charge on any atom is 0.243 e. The number of amides is 2. The Hall–Kier alpha value is -1.69. The van der Waals surface area contributed by atoms with Gasteiger partial charge in [-0.2, -0.15) is 0 Å². The van der Waals surface area contributed by atoms with Crippen molar-refractivity contribution in [1.29, 1.82) is 0 Å². The van der Waals surface area contributed by atoms with Crippen molar-refractivity contribution < 1.29 is 9.59 Å². The summed E-state index contributed by atoms with van der Waals surface area (Å²) in [5, 5.41) is 3.89. The summed E-state index contributed by atoms with van der Waals surface area (Å²) in [5.74, 6) is 0.708. The van der Waals surface area contributed by atoms with Crippen LogP contribution in [0.3, 0.4) is 0 Å². The van der Waals surface area contributed by atoms with Gasteiger partial charge in [0.15, 0.2) is 0 Å². The first kappa shape index (κ1) is 25.6. The highest BCUT2D eigenvalue weighted by molar-refractivity contribution is 7.99. The van der Waals surface area contributed by atoms with Gasteiger partial charge in [-0.1, -0.05) is 66.0 Å². The number of hydrogen-bond donors (Lipinski definition) is 1. The number of rotatable bonds is 10. The summed E-state index contributed by atoms with van der Waals surface area (Å²) < 4.78 is 0. The zero-order valence-electron chi connectivity index (χ0n) is 18.5. The first-order chi connectivity index (χ1) is 14.7. The highest BCUT2D eigenvalue weighted by Gasteiger charge is 2.29. The summed E-state index contributed by atoms with van der Waals surface area (Å²) in [5.41, 5.74) is 3.02. The van der Waals surface area contributed by atoms with Gasteiger partial charge in [0, 0.05) is 33.9 Å². The summed E-state index contributed by atoms with van der Waals surface area (Å²) >= 11 is 14.3. The predicted octanol–water partition coefficient (Wildman–Crippen LogP) is 5.87. The van der Waals surface area contributed by atoms with E-state index in [0.717, 1.165) is 11.3 Å². The minimum Gasteiger partial charge on any atom is -0.352 e. The molecule has 0 saturated carbocycles. The van der Waals surface area contributed by atoms with Gasteiger partial charge in [0.1, 0.15) is 6.04 Å². The van der Waals surface area contributed by atoms with Crippen LogP contribution in [0.25, 0.3) is 0 Å². The van der Waals surface area contributed by atoms with Gasteiger partial charge in [-0.25, -0.2) is 0 Å². The molecule has 0 saturated heterocycles. The van der Waals surface area contributed by atoms with Crippen LogP contribution in [0.5, 0.6) is 0 Å². The molecule has 0 unspecified atom stereocenters. The van der Waals surface area contributed by atoms with Crippen LogP contribution in [-0.4, -0.2) is 34.6 Å². The fourth-order valence-corrected chi connectivity index (χ4v) is 4.56. The van der Waals surface area contributed by atoms with Gasteiger partial charge >= 0.3 is 0 Å². The van der Waals surface area contributed by atoms with E-state index in [1.54, 1.807) is 23.1 Å². The number of nitrogens with zero attached hydrogens (tertiary/aromatic N) is 1. The van der Waals surface area contributed by atoms with Crippen LogP contribution in [0.2, 0.25) is 10.0 Å². The second kappa shape index (κ2) is 12.4. The van der Waals surface area contributed by atoms with Crippen LogP contribution in [0, 0.1) is 6.92 Å². The van der Waals surface area contributed by atoms with E-state index in [1.165, 1.54) is 17.3 Å². The molecule has 0 spiro atoms. The molecule has 0 bridgehead atoms. The first-order valence-corrected chi connectivity index (χ1v) is 12.3. The standard InChI is InChI=1S/C24H30Cl2N2O2S/c1-5-22(24(30)27-16(2)3)28(13-19-20(25)7-6-8-21(19)26)23(29)15-31-14-18-11-9-17(4)10-12-18/h6-12,16,22H,5,13-15H2,1-4H3,(H,27,30)/t22-/m1/s1. The highest BCUT2D eigenvalue weighted by atomic mass is 35.5.